The van der Waals surface area contributed by atoms with Crippen LogP contribution in [0.15, 0.2) is 132 Å². The standard InChI is InChI=1S/C31H27OP/c32-33(28-19-9-3-10-20-28,29-21-11-4-12-22-29)31(26-16-7-2-8-17-26)30-23-13-18-27(30)24-25-14-5-1-6-15-25/h1-12,14-17,19-22,24H,13,18,23H2/b27-24-,31-30+. The van der Waals surface area contributed by atoms with Gasteiger partial charge in [0.05, 0.1) is 0 Å². The molecule has 1 saturated carbocycles. The van der Waals surface area contributed by atoms with Crippen molar-refractivity contribution in [1.29, 1.82) is 0 Å². The molecule has 0 aromatic heterocycles. The lowest BCUT2D eigenvalue weighted by Crippen LogP contribution is -2.18. The van der Waals surface area contributed by atoms with E-state index in [1.807, 2.05) is 84.9 Å². The Hall–Kier alpha value is -3.41. The number of benzene rings is 4. The van der Waals surface area contributed by atoms with E-state index < -0.39 is 7.14 Å². The van der Waals surface area contributed by atoms with Crippen molar-refractivity contribution in [2.24, 2.45) is 0 Å². The Labute approximate surface area is 196 Å². The minimum Gasteiger partial charge on any atom is -0.309 e. The molecule has 0 saturated heterocycles. The van der Waals surface area contributed by atoms with E-state index in [4.69, 9.17) is 0 Å². The summed E-state index contributed by atoms with van der Waals surface area (Å²) in [6, 6.07) is 40.8. The smallest absolute Gasteiger partial charge is 0.171 e. The number of allylic oxidation sites excluding steroid dienone is 2. The van der Waals surface area contributed by atoms with Crippen LogP contribution in [0.4, 0.5) is 0 Å². The van der Waals surface area contributed by atoms with E-state index in [1.54, 1.807) is 0 Å². The van der Waals surface area contributed by atoms with Gasteiger partial charge in [-0.1, -0.05) is 127 Å². The summed E-state index contributed by atoms with van der Waals surface area (Å²) in [4.78, 5) is 0. The first-order valence-corrected chi connectivity index (χ1v) is 13.2. The Bertz CT molecular complexity index is 1280. The summed E-state index contributed by atoms with van der Waals surface area (Å²) in [5, 5.41) is 2.75. The topological polar surface area (TPSA) is 17.1 Å². The second-order valence-corrected chi connectivity index (χ2v) is 11.1. The van der Waals surface area contributed by atoms with Crippen molar-refractivity contribution in [2.45, 2.75) is 19.3 Å². The molecule has 0 radical (unpaired) electrons. The monoisotopic (exact) mass is 446 g/mol. The van der Waals surface area contributed by atoms with Gasteiger partial charge in [0.1, 0.15) is 0 Å². The van der Waals surface area contributed by atoms with E-state index in [9.17, 15) is 0 Å². The minimum atomic E-state index is -3.11. The first-order chi connectivity index (χ1) is 16.3. The number of hydrogen-bond donors (Lipinski definition) is 0. The Morgan fingerprint density at radius 3 is 1.64 bits per heavy atom. The largest absolute Gasteiger partial charge is 0.309 e. The molecule has 2 heteroatoms. The number of rotatable bonds is 5. The zero-order valence-electron chi connectivity index (χ0n) is 18.6. The second-order valence-electron chi connectivity index (χ2n) is 8.41. The van der Waals surface area contributed by atoms with Crippen LogP contribution in [0.3, 0.4) is 0 Å². The average Bonchev–Trinajstić information content (AvgIpc) is 3.33. The van der Waals surface area contributed by atoms with Gasteiger partial charge in [-0.15, -0.1) is 0 Å². The third-order valence-electron chi connectivity index (χ3n) is 6.29. The van der Waals surface area contributed by atoms with Gasteiger partial charge < -0.3 is 4.57 Å². The highest BCUT2D eigenvalue weighted by Gasteiger charge is 2.36. The average molecular weight is 447 g/mol. The normalized spacial score (nSPS) is 16.7. The molecule has 0 heterocycles. The van der Waals surface area contributed by atoms with E-state index in [0.717, 1.165) is 40.7 Å². The van der Waals surface area contributed by atoms with Gasteiger partial charge in [0.2, 0.25) is 0 Å². The third kappa shape index (κ3) is 4.30. The molecule has 0 atom stereocenters. The second kappa shape index (κ2) is 9.61. The van der Waals surface area contributed by atoms with Gasteiger partial charge in [0.15, 0.2) is 7.14 Å². The summed E-state index contributed by atoms with van der Waals surface area (Å²) in [6.07, 6.45) is 5.30. The summed E-state index contributed by atoms with van der Waals surface area (Å²) in [5.74, 6) is 0. The van der Waals surface area contributed by atoms with Crippen molar-refractivity contribution in [3.05, 3.63) is 144 Å². The highest BCUT2D eigenvalue weighted by atomic mass is 31.2. The summed E-state index contributed by atoms with van der Waals surface area (Å²) in [7, 11) is -3.11. The van der Waals surface area contributed by atoms with Crippen LogP contribution in [0.25, 0.3) is 11.4 Å². The van der Waals surface area contributed by atoms with Gasteiger partial charge >= 0.3 is 0 Å². The van der Waals surface area contributed by atoms with Gasteiger partial charge in [-0.25, -0.2) is 0 Å². The van der Waals surface area contributed by atoms with Gasteiger partial charge in [-0.2, -0.15) is 0 Å². The van der Waals surface area contributed by atoms with Crippen molar-refractivity contribution < 1.29 is 4.57 Å². The van der Waals surface area contributed by atoms with Crippen LogP contribution in [0.1, 0.15) is 30.4 Å². The summed E-state index contributed by atoms with van der Waals surface area (Å²) in [5.41, 5.74) is 4.77. The van der Waals surface area contributed by atoms with E-state index in [-0.39, 0.29) is 0 Å². The van der Waals surface area contributed by atoms with Crippen LogP contribution in [-0.2, 0) is 4.57 Å². The molecule has 0 amide bonds. The van der Waals surface area contributed by atoms with Gasteiger partial charge in [-0.3, -0.25) is 0 Å². The van der Waals surface area contributed by atoms with Gasteiger partial charge in [0, 0.05) is 15.9 Å². The fourth-order valence-electron chi connectivity index (χ4n) is 4.77. The zero-order valence-corrected chi connectivity index (χ0v) is 19.5. The highest BCUT2D eigenvalue weighted by molar-refractivity contribution is 7.87. The number of hydrogen-bond acceptors (Lipinski definition) is 1. The van der Waals surface area contributed by atoms with Crippen LogP contribution in [0, 0.1) is 0 Å². The minimum absolute atomic E-state index is 0.883. The summed E-state index contributed by atoms with van der Waals surface area (Å²) < 4.78 is 15.4. The van der Waals surface area contributed by atoms with Gasteiger partial charge in [-0.05, 0) is 41.5 Å². The third-order valence-corrected chi connectivity index (χ3v) is 9.50. The molecule has 0 spiro atoms. The molecule has 1 aliphatic carbocycles. The molecule has 5 rings (SSSR count). The molecule has 1 fully saturated rings. The maximum absolute atomic E-state index is 15.4. The first-order valence-electron chi connectivity index (χ1n) is 11.5. The molecule has 0 unspecified atom stereocenters. The van der Waals surface area contributed by atoms with Gasteiger partial charge in [0.25, 0.3) is 0 Å². The molecule has 0 aliphatic heterocycles. The summed E-state index contributed by atoms with van der Waals surface area (Å²) >= 11 is 0. The van der Waals surface area contributed by atoms with E-state index in [0.29, 0.717) is 0 Å². The highest BCUT2D eigenvalue weighted by Crippen LogP contribution is 2.60. The summed E-state index contributed by atoms with van der Waals surface area (Å²) in [6.45, 7) is 0. The van der Waals surface area contributed by atoms with Crippen LogP contribution in [-0.4, -0.2) is 0 Å². The molecule has 162 valence electrons. The Morgan fingerprint density at radius 2 is 1.09 bits per heavy atom. The lowest BCUT2D eigenvalue weighted by Gasteiger charge is -2.26. The fourth-order valence-corrected chi connectivity index (χ4v) is 7.92. The maximum atomic E-state index is 15.4. The quantitative estimate of drug-likeness (QED) is 0.287. The van der Waals surface area contributed by atoms with Crippen molar-refractivity contribution >= 4 is 29.1 Å². The van der Waals surface area contributed by atoms with Crippen LogP contribution < -0.4 is 10.6 Å². The zero-order chi connectivity index (χ0) is 22.5. The fraction of sp³-hybridized carbons (Fsp3) is 0.0968. The van der Waals surface area contributed by atoms with Crippen molar-refractivity contribution in [2.75, 3.05) is 0 Å². The van der Waals surface area contributed by atoms with E-state index >= 15 is 4.57 Å². The lowest BCUT2D eigenvalue weighted by atomic mass is 10.0. The Morgan fingerprint density at radius 1 is 0.606 bits per heavy atom. The molecule has 4 aromatic carbocycles. The SMILES string of the molecule is O=P(/C(=C1\CCC\C1=C\c1ccccc1)c1ccccc1)(c1ccccc1)c1ccccc1. The predicted molar refractivity (Wildman–Crippen MR) is 141 cm³/mol. The van der Waals surface area contributed by atoms with Crippen molar-refractivity contribution in [3.8, 4) is 0 Å². The molecular formula is C31H27OP. The maximum Gasteiger partial charge on any atom is 0.171 e. The van der Waals surface area contributed by atoms with E-state index in [1.165, 1.54) is 16.7 Å². The van der Waals surface area contributed by atoms with Crippen molar-refractivity contribution in [1.82, 2.24) is 0 Å². The molecular weight excluding hydrogens is 419 g/mol. The molecule has 1 aliphatic rings. The van der Waals surface area contributed by atoms with Crippen molar-refractivity contribution in [3.63, 3.8) is 0 Å². The van der Waals surface area contributed by atoms with E-state index in [2.05, 4.69) is 42.5 Å². The van der Waals surface area contributed by atoms with Crippen LogP contribution in [0.5, 0.6) is 0 Å². The Balaban J connectivity index is 1.83. The lowest BCUT2D eigenvalue weighted by molar-refractivity contribution is 0.592. The van der Waals surface area contributed by atoms with Crippen LogP contribution in [0.2, 0.25) is 0 Å². The molecule has 0 N–H and O–H groups in total. The molecule has 0 bridgehead atoms. The van der Waals surface area contributed by atoms with Crippen LogP contribution >= 0.6 is 7.14 Å². The molecule has 33 heavy (non-hydrogen) atoms. The molecule has 4 aromatic rings. The predicted octanol–water partition coefficient (Wildman–Crippen LogP) is 7.68. The Kier molecular flexibility index (Phi) is 6.24. The first kappa shape index (κ1) is 21.4. The molecule has 1 nitrogen and oxygen atoms in total.